The van der Waals surface area contributed by atoms with Gasteiger partial charge in [0.2, 0.25) is 0 Å². The van der Waals surface area contributed by atoms with E-state index in [0.29, 0.717) is 0 Å². The molecule has 1 saturated heterocycles. The van der Waals surface area contributed by atoms with E-state index in [-0.39, 0.29) is 0 Å². The van der Waals surface area contributed by atoms with Gasteiger partial charge in [-0.15, -0.1) is 0 Å². The second kappa shape index (κ2) is 6.67. The van der Waals surface area contributed by atoms with E-state index < -0.39 is 0 Å². The monoisotopic (exact) mass is 177 g/mol. The molecule has 2 rings (SSSR count). The molecule has 1 aliphatic heterocycles. The van der Waals surface area contributed by atoms with E-state index in [4.69, 9.17) is 0 Å². The Morgan fingerprint density at radius 2 is 1.69 bits per heavy atom. The van der Waals surface area contributed by atoms with Gasteiger partial charge in [-0.1, -0.05) is 37.3 Å². The standard InChI is InChI=1S/C8H10.C4H9N/c1-2-8-6-4-3-5-7-8;1-2-4-5-3-1/h3-7H,2H2,1H3;5H,1-4H2. The van der Waals surface area contributed by atoms with Crippen LogP contribution in [0.4, 0.5) is 0 Å². The summed E-state index contributed by atoms with van der Waals surface area (Å²) in [7, 11) is 0. The number of hydrogen-bond acceptors (Lipinski definition) is 1. The van der Waals surface area contributed by atoms with Crippen LogP contribution in [0.15, 0.2) is 30.3 Å². The molecule has 1 fully saturated rings. The molecule has 0 unspecified atom stereocenters. The Balaban J connectivity index is 0.000000145. The molecule has 72 valence electrons. The molecule has 0 atom stereocenters. The van der Waals surface area contributed by atoms with Gasteiger partial charge in [0.25, 0.3) is 0 Å². The van der Waals surface area contributed by atoms with Crippen molar-refractivity contribution in [3.8, 4) is 0 Å². The lowest BCUT2D eigenvalue weighted by Gasteiger charge is -1.89. The normalized spacial score (nSPS) is 14.8. The lowest BCUT2D eigenvalue weighted by Crippen LogP contribution is -2.03. The second-order valence-electron chi connectivity index (χ2n) is 3.30. The van der Waals surface area contributed by atoms with Crippen LogP contribution < -0.4 is 5.32 Å². The summed E-state index contributed by atoms with van der Waals surface area (Å²) >= 11 is 0. The van der Waals surface area contributed by atoms with Gasteiger partial charge in [-0.3, -0.25) is 0 Å². The Morgan fingerprint density at radius 3 is 2.00 bits per heavy atom. The van der Waals surface area contributed by atoms with Crippen LogP contribution >= 0.6 is 0 Å². The zero-order valence-electron chi connectivity index (χ0n) is 8.42. The number of nitrogens with one attached hydrogen (secondary N) is 1. The van der Waals surface area contributed by atoms with Gasteiger partial charge in [-0.05, 0) is 37.9 Å². The number of aryl methyl sites for hydroxylation is 1. The lowest BCUT2D eigenvalue weighted by molar-refractivity contribution is 0.857. The third-order valence-corrected chi connectivity index (χ3v) is 2.21. The molecular formula is C12H19N. The van der Waals surface area contributed by atoms with Crippen LogP contribution in [0.2, 0.25) is 0 Å². The van der Waals surface area contributed by atoms with E-state index >= 15 is 0 Å². The summed E-state index contributed by atoms with van der Waals surface area (Å²) in [5, 5.41) is 3.22. The smallest absolute Gasteiger partial charge is 0.00484 e. The summed E-state index contributed by atoms with van der Waals surface area (Å²) in [6.45, 7) is 4.66. The zero-order valence-corrected chi connectivity index (χ0v) is 8.42. The molecule has 1 aliphatic rings. The third kappa shape index (κ3) is 4.69. The SMILES string of the molecule is C1CCNC1.CCc1ccccc1. The quantitative estimate of drug-likeness (QED) is 0.695. The highest BCUT2D eigenvalue weighted by Crippen LogP contribution is 1.96. The molecule has 0 saturated carbocycles. The highest BCUT2D eigenvalue weighted by Gasteiger charge is 1.93. The summed E-state index contributed by atoms with van der Waals surface area (Å²) in [6.07, 6.45) is 3.92. The van der Waals surface area contributed by atoms with Crippen molar-refractivity contribution in [3.63, 3.8) is 0 Å². The first kappa shape index (κ1) is 10.3. The maximum absolute atomic E-state index is 3.22. The van der Waals surface area contributed by atoms with Crippen molar-refractivity contribution in [2.45, 2.75) is 26.2 Å². The molecule has 1 heteroatoms. The van der Waals surface area contributed by atoms with Crippen LogP contribution in [0.25, 0.3) is 0 Å². The molecule has 0 aromatic heterocycles. The number of rotatable bonds is 1. The van der Waals surface area contributed by atoms with Crippen LogP contribution in [0.5, 0.6) is 0 Å². The molecular weight excluding hydrogens is 158 g/mol. The summed E-state index contributed by atoms with van der Waals surface area (Å²) in [5.74, 6) is 0. The van der Waals surface area contributed by atoms with E-state index in [1.54, 1.807) is 0 Å². The van der Waals surface area contributed by atoms with Crippen molar-refractivity contribution in [3.05, 3.63) is 35.9 Å². The molecule has 0 amide bonds. The fraction of sp³-hybridized carbons (Fsp3) is 0.500. The van der Waals surface area contributed by atoms with E-state index in [0.717, 1.165) is 6.42 Å². The highest BCUT2D eigenvalue weighted by molar-refractivity contribution is 5.13. The van der Waals surface area contributed by atoms with E-state index in [2.05, 4.69) is 36.5 Å². The average molecular weight is 177 g/mol. The van der Waals surface area contributed by atoms with Crippen molar-refractivity contribution in [2.24, 2.45) is 0 Å². The van der Waals surface area contributed by atoms with Crippen LogP contribution in [0, 0.1) is 0 Å². The topological polar surface area (TPSA) is 12.0 Å². The molecule has 13 heavy (non-hydrogen) atoms. The first-order valence-electron chi connectivity index (χ1n) is 5.18. The Kier molecular flexibility index (Phi) is 5.27. The van der Waals surface area contributed by atoms with Gasteiger partial charge in [-0.2, -0.15) is 0 Å². The van der Waals surface area contributed by atoms with Crippen LogP contribution in [-0.4, -0.2) is 13.1 Å². The summed E-state index contributed by atoms with van der Waals surface area (Å²) in [5.41, 5.74) is 1.41. The minimum absolute atomic E-state index is 1.14. The predicted molar refractivity (Wildman–Crippen MR) is 57.9 cm³/mol. The Hall–Kier alpha value is -0.820. The maximum Gasteiger partial charge on any atom is -0.00484 e. The first-order chi connectivity index (χ1) is 6.43. The predicted octanol–water partition coefficient (Wildman–Crippen LogP) is 2.62. The average Bonchev–Trinajstić information content (AvgIpc) is 2.77. The van der Waals surface area contributed by atoms with Crippen molar-refractivity contribution in [2.75, 3.05) is 13.1 Å². The Morgan fingerprint density at radius 1 is 1.08 bits per heavy atom. The fourth-order valence-electron chi connectivity index (χ4n) is 1.34. The van der Waals surface area contributed by atoms with Gasteiger partial charge >= 0.3 is 0 Å². The van der Waals surface area contributed by atoms with E-state index in [1.807, 2.05) is 6.07 Å². The van der Waals surface area contributed by atoms with Crippen molar-refractivity contribution < 1.29 is 0 Å². The summed E-state index contributed by atoms with van der Waals surface area (Å²) in [6, 6.07) is 10.5. The number of hydrogen-bond donors (Lipinski definition) is 1. The molecule has 0 bridgehead atoms. The van der Waals surface area contributed by atoms with Gasteiger partial charge in [0.15, 0.2) is 0 Å². The van der Waals surface area contributed by atoms with Gasteiger partial charge in [0.05, 0.1) is 0 Å². The van der Waals surface area contributed by atoms with E-state index in [1.165, 1.54) is 31.5 Å². The maximum atomic E-state index is 3.22. The lowest BCUT2D eigenvalue weighted by atomic mass is 10.2. The molecule has 1 N–H and O–H groups in total. The molecule has 1 nitrogen and oxygen atoms in total. The largest absolute Gasteiger partial charge is 0.317 e. The molecule has 0 spiro atoms. The van der Waals surface area contributed by atoms with Crippen LogP contribution in [0.1, 0.15) is 25.3 Å². The number of benzene rings is 1. The molecule has 0 aliphatic carbocycles. The minimum Gasteiger partial charge on any atom is -0.317 e. The summed E-state index contributed by atoms with van der Waals surface area (Å²) in [4.78, 5) is 0. The molecule has 1 aromatic carbocycles. The van der Waals surface area contributed by atoms with Gasteiger partial charge < -0.3 is 5.32 Å². The van der Waals surface area contributed by atoms with Gasteiger partial charge in [0, 0.05) is 0 Å². The van der Waals surface area contributed by atoms with Crippen molar-refractivity contribution in [1.29, 1.82) is 0 Å². The molecule has 1 heterocycles. The van der Waals surface area contributed by atoms with Crippen molar-refractivity contribution >= 4 is 0 Å². The Labute approximate surface area is 81.2 Å². The van der Waals surface area contributed by atoms with Crippen LogP contribution in [-0.2, 0) is 6.42 Å². The minimum atomic E-state index is 1.14. The van der Waals surface area contributed by atoms with Crippen molar-refractivity contribution in [1.82, 2.24) is 5.32 Å². The first-order valence-corrected chi connectivity index (χ1v) is 5.18. The van der Waals surface area contributed by atoms with E-state index in [9.17, 15) is 0 Å². The van der Waals surface area contributed by atoms with Gasteiger partial charge in [-0.25, -0.2) is 0 Å². The molecule has 1 aromatic rings. The van der Waals surface area contributed by atoms with Gasteiger partial charge in [0.1, 0.15) is 0 Å². The third-order valence-electron chi connectivity index (χ3n) is 2.21. The second-order valence-corrected chi connectivity index (χ2v) is 3.30. The summed E-state index contributed by atoms with van der Waals surface area (Å²) < 4.78 is 0. The highest BCUT2D eigenvalue weighted by atomic mass is 14.9. The fourth-order valence-corrected chi connectivity index (χ4v) is 1.34. The van der Waals surface area contributed by atoms with Crippen LogP contribution in [0.3, 0.4) is 0 Å². The molecule has 0 radical (unpaired) electrons. The Bertz CT molecular complexity index is 194. The zero-order chi connectivity index (χ0) is 9.36.